The maximum absolute atomic E-state index is 12.4. The molecule has 6 nitrogen and oxygen atoms in total. The van der Waals surface area contributed by atoms with Gasteiger partial charge in [-0.25, -0.2) is 0 Å². The fraction of sp³-hybridized carbons (Fsp3) is 0.375. The van der Waals surface area contributed by atoms with Crippen molar-refractivity contribution in [2.24, 2.45) is 0 Å². The molecule has 1 aliphatic heterocycles. The van der Waals surface area contributed by atoms with Crippen molar-refractivity contribution in [3.05, 3.63) is 71.5 Å². The van der Waals surface area contributed by atoms with Crippen LogP contribution < -0.4 is 5.32 Å². The van der Waals surface area contributed by atoms with Gasteiger partial charge in [0.25, 0.3) is 0 Å². The Kier molecular flexibility index (Phi) is 7.38. The maximum Gasteiger partial charge on any atom is 0.230 e. The first-order valence-corrected chi connectivity index (χ1v) is 11.8. The predicted molar refractivity (Wildman–Crippen MR) is 124 cm³/mol. The molecule has 2 heterocycles. The number of aryl methyl sites for hydroxylation is 1. The number of rotatable bonds is 8. The van der Waals surface area contributed by atoms with E-state index in [0.717, 1.165) is 41.9 Å². The van der Waals surface area contributed by atoms with Gasteiger partial charge >= 0.3 is 0 Å². The minimum Gasteiger partial charge on any atom is -0.351 e. The Hall–Kier alpha value is -2.64. The van der Waals surface area contributed by atoms with E-state index in [2.05, 4.69) is 56.2 Å². The fourth-order valence-electron chi connectivity index (χ4n) is 3.74. The van der Waals surface area contributed by atoms with Crippen LogP contribution in [0, 0.1) is 6.92 Å². The molecular formula is C24H29N5OS. The Bertz CT molecular complexity index is 981. The van der Waals surface area contributed by atoms with E-state index in [1.807, 2.05) is 30.3 Å². The number of nitrogens with zero attached hydrogens (tertiary/aromatic N) is 4. The van der Waals surface area contributed by atoms with Gasteiger partial charge in [-0.1, -0.05) is 66.2 Å². The number of likely N-dealkylation sites (tertiary alicyclic amines) is 1. The van der Waals surface area contributed by atoms with Crippen molar-refractivity contribution in [2.75, 3.05) is 18.8 Å². The van der Waals surface area contributed by atoms with Gasteiger partial charge in [-0.3, -0.25) is 14.3 Å². The number of carbonyl (C=O) groups excluding carboxylic acids is 1. The van der Waals surface area contributed by atoms with Gasteiger partial charge in [-0.2, -0.15) is 0 Å². The van der Waals surface area contributed by atoms with E-state index in [4.69, 9.17) is 0 Å². The van der Waals surface area contributed by atoms with Crippen LogP contribution in [0.25, 0.3) is 5.69 Å². The molecule has 3 aromatic rings. The lowest BCUT2D eigenvalue weighted by Crippen LogP contribution is -2.30. The van der Waals surface area contributed by atoms with Gasteiger partial charge in [0.05, 0.1) is 12.3 Å². The number of thioether (sulfide) groups is 1. The molecular weight excluding hydrogens is 406 g/mol. The highest BCUT2D eigenvalue weighted by Gasteiger charge is 2.19. The zero-order valence-electron chi connectivity index (χ0n) is 18.0. The molecule has 1 N–H and O–H groups in total. The summed E-state index contributed by atoms with van der Waals surface area (Å²) in [6.45, 7) is 5.58. The van der Waals surface area contributed by atoms with Gasteiger partial charge < -0.3 is 5.32 Å². The quantitative estimate of drug-likeness (QED) is 0.543. The number of hydrogen-bond acceptors (Lipinski definition) is 5. The number of piperidine rings is 1. The monoisotopic (exact) mass is 435 g/mol. The number of hydrogen-bond donors (Lipinski definition) is 1. The van der Waals surface area contributed by atoms with E-state index in [0.29, 0.717) is 12.3 Å². The van der Waals surface area contributed by atoms with Crippen LogP contribution in [-0.4, -0.2) is 44.4 Å². The Morgan fingerprint density at radius 3 is 2.48 bits per heavy atom. The molecule has 2 aromatic carbocycles. The molecule has 0 bridgehead atoms. The van der Waals surface area contributed by atoms with E-state index in [1.165, 1.54) is 36.6 Å². The summed E-state index contributed by atoms with van der Waals surface area (Å²) < 4.78 is 2.09. The molecule has 0 saturated carbocycles. The van der Waals surface area contributed by atoms with Crippen molar-refractivity contribution in [1.82, 2.24) is 25.0 Å². The summed E-state index contributed by atoms with van der Waals surface area (Å²) in [6, 6.07) is 18.4. The van der Waals surface area contributed by atoms with Crippen LogP contribution >= 0.6 is 11.8 Å². The van der Waals surface area contributed by atoms with Crippen molar-refractivity contribution in [3.63, 3.8) is 0 Å². The van der Waals surface area contributed by atoms with Crippen LogP contribution in [0.15, 0.2) is 59.8 Å². The number of carbonyl (C=O) groups is 1. The van der Waals surface area contributed by atoms with Gasteiger partial charge in [0.2, 0.25) is 5.91 Å². The minimum absolute atomic E-state index is 0.00855. The highest BCUT2D eigenvalue weighted by Crippen LogP contribution is 2.23. The van der Waals surface area contributed by atoms with Gasteiger partial charge in [0, 0.05) is 12.2 Å². The second-order valence-corrected chi connectivity index (χ2v) is 8.90. The van der Waals surface area contributed by atoms with Crippen molar-refractivity contribution < 1.29 is 4.79 Å². The Morgan fingerprint density at radius 1 is 1.00 bits per heavy atom. The smallest absolute Gasteiger partial charge is 0.230 e. The van der Waals surface area contributed by atoms with Crippen LogP contribution in [0.5, 0.6) is 0 Å². The third-order valence-electron chi connectivity index (χ3n) is 5.47. The average Bonchev–Trinajstić information content (AvgIpc) is 3.21. The molecule has 4 rings (SSSR count). The van der Waals surface area contributed by atoms with Gasteiger partial charge in [0.15, 0.2) is 11.0 Å². The highest BCUT2D eigenvalue weighted by atomic mass is 32.2. The number of benzene rings is 2. The number of para-hydroxylation sites is 1. The Labute approximate surface area is 188 Å². The molecule has 1 saturated heterocycles. The van der Waals surface area contributed by atoms with E-state index in [9.17, 15) is 4.79 Å². The third-order valence-corrected chi connectivity index (χ3v) is 6.40. The summed E-state index contributed by atoms with van der Waals surface area (Å²) in [5, 5.41) is 12.7. The molecule has 0 radical (unpaired) electrons. The molecule has 1 aromatic heterocycles. The molecule has 0 spiro atoms. The molecule has 1 fully saturated rings. The standard InChI is InChI=1S/C24H29N5OS/c1-19-10-12-20(13-11-19)16-25-23(30)18-31-24-27-26-22(17-28-14-6-3-7-15-28)29(24)21-8-4-2-5-9-21/h2,4-5,8-13H,3,6-7,14-18H2,1H3,(H,25,30). The van der Waals surface area contributed by atoms with Crippen LogP contribution in [0.4, 0.5) is 0 Å². The van der Waals surface area contributed by atoms with E-state index < -0.39 is 0 Å². The van der Waals surface area contributed by atoms with Crippen LogP contribution in [0.3, 0.4) is 0 Å². The first-order valence-electron chi connectivity index (χ1n) is 10.9. The SMILES string of the molecule is Cc1ccc(CNC(=O)CSc2nnc(CN3CCCCC3)n2-c2ccccc2)cc1. The molecule has 1 amide bonds. The lowest BCUT2D eigenvalue weighted by Gasteiger charge is -2.26. The Balaban J connectivity index is 1.42. The summed E-state index contributed by atoms with van der Waals surface area (Å²) in [6.07, 6.45) is 3.78. The number of aromatic nitrogens is 3. The lowest BCUT2D eigenvalue weighted by atomic mass is 10.1. The summed E-state index contributed by atoms with van der Waals surface area (Å²) in [7, 11) is 0. The zero-order chi connectivity index (χ0) is 21.5. The second-order valence-electron chi connectivity index (χ2n) is 7.96. The first-order chi connectivity index (χ1) is 15.2. The number of amides is 1. The normalized spacial score (nSPS) is 14.5. The Morgan fingerprint density at radius 2 is 1.74 bits per heavy atom. The van der Waals surface area contributed by atoms with Crippen molar-refractivity contribution in [3.8, 4) is 5.69 Å². The van der Waals surface area contributed by atoms with E-state index in [1.54, 1.807) is 0 Å². The maximum atomic E-state index is 12.4. The summed E-state index contributed by atoms with van der Waals surface area (Å²) >= 11 is 1.43. The van der Waals surface area contributed by atoms with Crippen molar-refractivity contribution in [2.45, 2.75) is 44.4 Å². The van der Waals surface area contributed by atoms with Gasteiger partial charge in [-0.15, -0.1) is 10.2 Å². The first kappa shape index (κ1) is 21.6. The number of nitrogens with one attached hydrogen (secondary N) is 1. The summed E-state index contributed by atoms with van der Waals surface area (Å²) in [5.74, 6) is 1.22. The van der Waals surface area contributed by atoms with Crippen LogP contribution in [-0.2, 0) is 17.9 Å². The van der Waals surface area contributed by atoms with Gasteiger partial charge in [0.1, 0.15) is 0 Å². The minimum atomic E-state index is -0.00855. The molecule has 1 aliphatic rings. The second kappa shape index (κ2) is 10.6. The van der Waals surface area contributed by atoms with Crippen molar-refractivity contribution in [1.29, 1.82) is 0 Å². The molecule has 7 heteroatoms. The van der Waals surface area contributed by atoms with Crippen LogP contribution in [0.2, 0.25) is 0 Å². The topological polar surface area (TPSA) is 63.1 Å². The van der Waals surface area contributed by atoms with Gasteiger partial charge in [-0.05, 0) is 50.6 Å². The zero-order valence-corrected chi connectivity index (χ0v) is 18.8. The summed E-state index contributed by atoms with van der Waals surface area (Å²) in [4.78, 5) is 14.9. The average molecular weight is 436 g/mol. The van der Waals surface area contributed by atoms with Crippen LogP contribution in [0.1, 0.15) is 36.2 Å². The predicted octanol–water partition coefficient (Wildman–Crippen LogP) is 3.97. The highest BCUT2D eigenvalue weighted by molar-refractivity contribution is 7.99. The molecule has 0 unspecified atom stereocenters. The molecule has 0 atom stereocenters. The molecule has 162 valence electrons. The molecule has 0 aliphatic carbocycles. The van der Waals surface area contributed by atoms with E-state index >= 15 is 0 Å². The third kappa shape index (κ3) is 5.95. The molecule has 31 heavy (non-hydrogen) atoms. The van der Waals surface area contributed by atoms with E-state index in [-0.39, 0.29) is 5.91 Å². The largest absolute Gasteiger partial charge is 0.351 e. The van der Waals surface area contributed by atoms with Crippen molar-refractivity contribution >= 4 is 17.7 Å². The lowest BCUT2D eigenvalue weighted by molar-refractivity contribution is -0.118. The fourth-order valence-corrected chi connectivity index (χ4v) is 4.54. The summed E-state index contributed by atoms with van der Waals surface area (Å²) in [5.41, 5.74) is 3.34.